The maximum absolute atomic E-state index is 13.3. The van der Waals surface area contributed by atoms with Gasteiger partial charge in [-0.1, -0.05) is 80.4 Å². The second-order valence-corrected chi connectivity index (χ2v) is 9.03. The number of hydrogen-bond acceptors (Lipinski definition) is 4. The molecule has 0 saturated carbocycles. The van der Waals surface area contributed by atoms with E-state index in [2.05, 4.69) is 11.8 Å². The van der Waals surface area contributed by atoms with Crippen LogP contribution in [0.4, 0.5) is 4.79 Å². The van der Waals surface area contributed by atoms with Crippen molar-refractivity contribution >= 4 is 11.8 Å². The molecule has 0 spiro atoms. The molecule has 1 heterocycles. The van der Waals surface area contributed by atoms with Crippen molar-refractivity contribution in [3.8, 4) is 0 Å². The number of urea groups is 1. The van der Waals surface area contributed by atoms with Crippen LogP contribution in [0.1, 0.15) is 57.1 Å². The molecule has 1 aliphatic rings. The van der Waals surface area contributed by atoms with Gasteiger partial charge in [0.05, 0.1) is 19.4 Å². The normalized spacial score (nSPS) is 16.6. The van der Waals surface area contributed by atoms with Gasteiger partial charge in [0.25, 0.3) is 0 Å². The van der Waals surface area contributed by atoms with Crippen molar-refractivity contribution < 1.29 is 14.7 Å². The molecule has 6 nitrogen and oxygen atoms in total. The number of carbonyl (C=O) groups is 2. The first-order chi connectivity index (χ1) is 16.0. The first kappa shape index (κ1) is 24.9. The zero-order valence-electron chi connectivity index (χ0n) is 19.9. The van der Waals surface area contributed by atoms with Gasteiger partial charge in [0, 0.05) is 32.0 Å². The van der Waals surface area contributed by atoms with Gasteiger partial charge in [-0.15, -0.1) is 0 Å². The van der Waals surface area contributed by atoms with Crippen molar-refractivity contribution in [1.29, 1.82) is 0 Å². The summed E-state index contributed by atoms with van der Waals surface area (Å²) in [5.74, 6) is 0.109. The molecule has 0 bridgehead atoms. The van der Waals surface area contributed by atoms with E-state index in [1.807, 2.05) is 77.4 Å². The minimum absolute atomic E-state index is 0.0173. The van der Waals surface area contributed by atoms with E-state index < -0.39 is 6.10 Å². The lowest BCUT2D eigenvalue weighted by Gasteiger charge is -2.45. The standard InChI is InChI=1S/C27H37N3O3/c1-3-4-7-16-25(31)17-26(32)22(2)30-20-28(18-23-12-8-5-9-13-23)27(33)29(21-30)19-24-14-10-6-11-15-24/h5-6,8-15,22,26,32H,3-4,7,16-21H2,1-2H3/t22-,26?/m0/s1. The predicted molar refractivity (Wildman–Crippen MR) is 130 cm³/mol. The summed E-state index contributed by atoms with van der Waals surface area (Å²) in [6, 6.07) is 19.6. The zero-order valence-corrected chi connectivity index (χ0v) is 19.9. The van der Waals surface area contributed by atoms with Crippen molar-refractivity contribution in [2.75, 3.05) is 13.3 Å². The Bertz CT molecular complexity index is 821. The summed E-state index contributed by atoms with van der Waals surface area (Å²) in [6.45, 7) is 5.89. The lowest BCUT2D eigenvalue weighted by atomic mass is 10.0. The Morgan fingerprint density at radius 3 is 1.91 bits per heavy atom. The third-order valence-corrected chi connectivity index (χ3v) is 6.31. The summed E-state index contributed by atoms with van der Waals surface area (Å²) in [7, 11) is 0. The average Bonchev–Trinajstić information content (AvgIpc) is 2.82. The van der Waals surface area contributed by atoms with Gasteiger partial charge in [-0.2, -0.15) is 0 Å². The summed E-state index contributed by atoms with van der Waals surface area (Å²) >= 11 is 0. The first-order valence-corrected chi connectivity index (χ1v) is 12.0. The van der Waals surface area contributed by atoms with E-state index in [0.29, 0.717) is 32.8 Å². The molecule has 3 rings (SSSR count). The monoisotopic (exact) mass is 451 g/mol. The van der Waals surface area contributed by atoms with E-state index >= 15 is 0 Å². The number of aliphatic hydroxyl groups excluding tert-OH is 1. The van der Waals surface area contributed by atoms with Gasteiger partial charge in [0.15, 0.2) is 0 Å². The predicted octanol–water partition coefficient (Wildman–Crippen LogP) is 4.63. The summed E-state index contributed by atoms with van der Waals surface area (Å²) in [5, 5.41) is 10.8. The fraction of sp³-hybridized carbons (Fsp3) is 0.481. The molecule has 0 aromatic heterocycles. The molecule has 2 aromatic carbocycles. The van der Waals surface area contributed by atoms with E-state index in [9.17, 15) is 14.7 Å². The molecule has 2 aromatic rings. The molecule has 178 valence electrons. The van der Waals surface area contributed by atoms with Crippen molar-refractivity contribution in [3.63, 3.8) is 0 Å². The quantitative estimate of drug-likeness (QED) is 0.478. The number of nitrogens with zero attached hydrogens (tertiary/aromatic N) is 3. The fourth-order valence-electron chi connectivity index (χ4n) is 4.23. The van der Waals surface area contributed by atoms with Crippen LogP contribution in [0.15, 0.2) is 60.7 Å². The number of ketones is 1. The van der Waals surface area contributed by atoms with Gasteiger partial charge < -0.3 is 14.9 Å². The molecule has 6 heteroatoms. The van der Waals surface area contributed by atoms with Crippen molar-refractivity contribution in [2.24, 2.45) is 0 Å². The molecule has 2 atom stereocenters. The fourth-order valence-corrected chi connectivity index (χ4v) is 4.23. The Labute approximate surface area is 197 Å². The van der Waals surface area contributed by atoms with Crippen LogP contribution in [0.2, 0.25) is 0 Å². The molecular formula is C27H37N3O3. The third kappa shape index (κ3) is 7.41. The highest BCUT2D eigenvalue weighted by Crippen LogP contribution is 2.21. The van der Waals surface area contributed by atoms with Crippen molar-refractivity contribution in [3.05, 3.63) is 71.8 Å². The number of unbranched alkanes of at least 4 members (excludes halogenated alkanes) is 2. The molecular weight excluding hydrogens is 414 g/mol. The Hall–Kier alpha value is -2.70. The molecule has 1 saturated heterocycles. The second-order valence-electron chi connectivity index (χ2n) is 9.03. The summed E-state index contributed by atoms with van der Waals surface area (Å²) in [4.78, 5) is 31.4. The third-order valence-electron chi connectivity index (χ3n) is 6.31. The van der Waals surface area contributed by atoms with Gasteiger partial charge in [-0.25, -0.2) is 4.79 Å². The Kier molecular flexibility index (Phi) is 9.46. The minimum Gasteiger partial charge on any atom is -0.391 e. The van der Waals surface area contributed by atoms with Crippen LogP contribution in [-0.4, -0.2) is 57.1 Å². The SMILES string of the molecule is CCCCCC(=O)CC(O)[C@H](C)N1CN(Cc2ccccc2)C(=O)N(Cc2ccccc2)C1. The summed E-state index contributed by atoms with van der Waals surface area (Å²) in [6.07, 6.45) is 2.91. The van der Waals surface area contributed by atoms with Crippen LogP contribution in [0.25, 0.3) is 0 Å². The van der Waals surface area contributed by atoms with Crippen LogP contribution in [-0.2, 0) is 17.9 Å². The van der Waals surface area contributed by atoms with E-state index in [4.69, 9.17) is 0 Å². The topological polar surface area (TPSA) is 64.1 Å². The van der Waals surface area contributed by atoms with Crippen molar-refractivity contribution in [2.45, 2.75) is 71.2 Å². The van der Waals surface area contributed by atoms with Crippen LogP contribution in [0.3, 0.4) is 0 Å². The number of Topliss-reactive ketones (excluding diaryl/α,β-unsaturated/α-hetero) is 1. The molecule has 1 unspecified atom stereocenters. The molecule has 33 heavy (non-hydrogen) atoms. The smallest absolute Gasteiger partial charge is 0.322 e. The Morgan fingerprint density at radius 1 is 0.909 bits per heavy atom. The van der Waals surface area contributed by atoms with Crippen LogP contribution in [0, 0.1) is 0 Å². The van der Waals surface area contributed by atoms with Crippen LogP contribution >= 0.6 is 0 Å². The average molecular weight is 452 g/mol. The number of hydrogen-bond donors (Lipinski definition) is 1. The lowest BCUT2D eigenvalue weighted by molar-refractivity contribution is -0.122. The zero-order chi connectivity index (χ0) is 23.6. The second kappa shape index (κ2) is 12.5. The van der Waals surface area contributed by atoms with Gasteiger partial charge in [-0.3, -0.25) is 9.69 Å². The Balaban J connectivity index is 1.70. The van der Waals surface area contributed by atoms with Gasteiger partial charge in [0.2, 0.25) is 0 Å². The number of aliphatic hydroxyl groups is 1. The largest absolute Gasteiger partial charge is 0.391 e. The Morgan fingerprint density at radius 2 is 1.42 bits per heavy atom. The van der Waals surface area contributed by atoms with Gasteiger partial charge >= 0.3 is 6.03 Å². The molecule has 2 amide bonds. The maximum atomic E-state index is 13.3. The highest BCUT2D eigenvalue weighted by Gasteiger charge is 2.35. The molecule has 0 radical (unpaired) electrons. The summed E-state index contributed by atoms with van der Waals surface area (Å²) in [5.41, 5.74) is 2.12. The van der Waals surface area contributed by atoms with E-state index in [1.165, 1.54) is 0 Å². The number of amides is 2. The minimum atomic E-state index is -0.760. The number of rotatable bonds is 12. The summed E-state index contributed by atoms with van der Waals surface area (Å²) < 4.78 is 0. The first-order valence-electron chi connectivity index (χ1n) is 12.0. The number of benzene rings is 2. The van der Waals surface area contributed by atoms with Gasteiger partial charge in [0.1, 0.15) is 5.78 Å². The van der Waals surface area contributed by atoms with E-state index in [-0.39, 0.29) is 24.3 Å². The molecule has 1 fully saturated rings. The van der Waals surface area contributed by atoms with Crippen LogP contribution < -0.4 is 0 Å². The molecule has 1 aliphatic heterocycles. The number of carbonyl (C=O) groups excluding carboxylic acids is 2. The highest BCUT2D eigenvalue weighted by molar-refractivity contribution is 5.79. The van der Waals surface area contributed by atoms with Gasteiger partial charge in [-0.05, 0) is 24.5 Å². The molecule has 1 N–H and O–H groups in total. The molecule has 0 aliphatic carbocycles. The van der Waals surface area contributed by atoms with Crippen molar-refractivity contribution in [1.82, 2.24) is 14.7 Å². The lowest BCUT2D eigenvalue weighted by Crippen LogP contribution is -2.61. The maximum Gasteiger partial charge on any atom is 0.322 e. The van der Waals surface area contributed by atoms with Crippen LogP contribution in [0.5, 0.6) is 0 Å². The highest BCUT2D eigenvalue weighted by atomic mass is 16.3. The van der Waals surface area contributed by atoms with E-state index in [1.54, 1.807) is 0 Å². The van der Waals surface area contributed by atoms with E-state index in [0.717, 1.165) is 30.4 Å².